The van der Waals surface area contributed by atoms with Gasteiger partial charge in [-0.05, 0) is 36.6 Å². The molecule has 1 unspecified atom stereocenters. The first-order valence-corrected chi connectivity index (χ1v) is 5.68. The summed E-state index contributed by atoms with van der Waals surface area (Å²) in [6.45, 7) is 2.07. The molecule has 1 aromatic carbocycles. The third-order valence-corrected chi connectivity index (χ3v) is 2.77. The third-order valence-electron chi connectivity index (χ3n) is 2.77. The summed E-state index contributed by atoms with van der Waals surface area (Å²) in [5.41, 5.74) is 2.51. The third kappa shape index (κ3) is 2.94. The maximum absolute atomic E-state index is 11.4. The Kier molecular flexibility index (Phi) is 3.24. The zero-order valence-electron chi connectivity index (χ0n) is 9.73. The van der Waals surface area contributed by atoms with E-state index in [0.717, 1.165) is 17.8 Å². The molecule has 1 aliphatic carbocycles. The van der Waals surface area contributed by atoms with E-state index in [0.29, 0.717) is 17.9 Å². The summed E-state index contributed by atoms with van der Waals surface area (Å²) >= 11 is 0. The molecule has 1 aromatic rings. The standard InChI is InChI=1S/C14H14N2O/c1-10-6-13(8-14(17)7-10)16-12-4-2-11(9-15)3-5-12/h2-5,8,10,16H,6-7H2,1H3. The average molecular weight is 226 g/mol. The summed E-state index contributed by atoms with van der Waals surface area (Å²) in [7, 11) is 0. The van der Waals surface area contributed by atoms with Gasteiger partial charge in [-0.2, -0.15) is 5.26 Å². The lowest BCUT2D eigenvalue weighted by Crippen LogP contribution is -2.15. The van der Waals surface area contributed by atoms with Crippen molar-refractivity contribution < 1.29 is 4.79 Å². The number of nitriles is 1. The van der Waals surface area contributed by atoms with E-state index < -0.39 is 0 Å². The minimum Gasteiger partial charge on any atom is -0.359 e. The number of anilines is 1. The number of nitrogens with zero attached hydrogens (tertiary/aromatic N) is 1. The summed E-state index contributed by atoms with van der Waals surface area (Å²) in [5.74, 6) is 0.577. The van der Waals surface area contributed by atoms with Crippen LogP contribution in [0, 0.1) is 17.2 Å². The molecule has 0 bridgehead atoms. The smallest absolute Gasteiger partial charge is 0.157 e. The van der Waals surface area contributed by atoms with Gasteiger partial charge in [0.25, 0.3) is 0 Å². The number of benzene rings is 1. The van der Waals surface area contributed by atoms with Gasteiger partial charge in [0, 0.05) is 23.9 Å². The molecule has 2 rings (SSSR count). The fourth-order valence-corrected chi connectivity index (χ4v) is 2.00. The molecule has 1 N–H and O–H groups in total. The Morgan fingerprint density at radius 1 is 1.29 bits per heavy atom. The summed E-state index contributed by atoms with van der Waals surface area (Å²) in [6.07, 6.45) is 3.21. The molecule has 0 fully saturated rings. The van der Waals surface area contributed by atoms with E-state index in [2.05, 4.69) is 18.3 Å². The fourth-order valence-electron chi connectivity index (χ4n) is 2.00. The Morgan fingerprint density at radius 3 is 2.59 bits per heavy atom. The monoisotopic (exact) mass is 226 g/mol. The lowest BCUT2D eigenvalue weighted by Gasteiger charge is -2.19. The highest BCUT2D eigenvalue weighted by Gasteiger charge is 2.16. The highest BCUT2D eigenvalue weighted by molar-refractivity contribution is 5.91. The second-order valence-corrected chi connectivity index (χ2v) is 4.46. The van der Waals surface area contributed by atoms with Gasteiger partial charge in [0.15, 0.2) is 5.78 Å². The Balaban J connectivity index is 2.10. The number of carbonyl (C=O) groups excluding carboxylic acids is 1. The SMILES string of the molecule is CC1CC(=O)C=C(Nc2ccc(C#N)cc2)C1. The molecule has 0 aliphatic heterocycles. The molecule has 1 atom stereocenters. The van der Waals surface area contributed by atoms with Crippen LogP contribution >= 0.6 is 0 Å². The molecule has 0 aromatic heterocycles. The molecule has 0 saturated heterocycles. The van der Waals surface area contributed by atoms with Gasteiger partial charge >= 0.3 is 0 Å². The van der Waals surface area contributed by atoms with Gasteiger partial charge in [-0.3, -0.25) is 4.79 Å². The number of ketones is 1. The predicted molar refractivity (Wildman–Crippen MR) is 66.3 cm³/mol. The van der Waals surface area contributed by atoms with Crippen molar-refractivity contribution in [2.45, 2.75) is 19.8 Å². The van der Waals surface area contributed by atoms with Crippen molar-refractivity contribution >= 4 is 11.5 Å². The number of hydrogen-bond acceptors (Lipinski definition) is 3. The van der Waals surface area contributed by atoms with E-state index in [4.69, 9.17) is 5.26 Å². The van der Waals surface area contributed by atoms with Crippen molar-refractivity contribution in [3.05, 3.63) is 41.6 Å². The van der Waals surface area contributed by atoms with Crippen LogP contribution < -0.4 is 5.32 Å². The van der Waals surface area contributed by atoms with E-state index in [1.807, 2.05) is 12.1 Å². The molecule has 86 valence electrons. The Hall–Kier alpha value is -2.08. The highest BCUT2D eigenvalue weighted by Crippen LogP contribution is 2.23. The van der Waals surface area contributed by atoms with Gasteiger partial charge < -0.3 is 5.32 Å². The molecule has 0 saturated carbocycles. The van der Waals surface area contributed by atoms with Gasteiger partial charge in [0.05, 0.1) is 11.6 Å². The zero-order valence-corrected chi connectivity index (χ0v) is 9.73. The van der Waals surface area contributed by atoms with Gasteiger partial charge in [-0.1, -0.05) is 6.92 Å². The van der Waals surface area contributed by atoms with Crippen LogP contribution in [0.4, 0.5) is 5.69 Å². The maximum Gasteiger partial charge on any atom is 0.157 e. The van der Waals surface area contributed by atoms with E-state index >= 15 is 0 Å². The second kappa shape index (κ2) is 4.84. The van der Waals surface area contributed by atoms with Gasteiger partial charge in [0.2, 0.25) is 0 Å². The molecule has 0 radical (unpaired) electrons. The number of nitrogens with one attached hydrogen (secondary N) is 1. The van der Waals surface area contributed by atoms with Crippen molar-refractivity contribution in [1.82, 2.24) is 0 Å². The molecule has 17 heavy (non-hydrogen) atoms. The molecule has 3 heteroatoms. The van der Waals surface area contributed by atoms with Crippen LogP contribution in [0.3, 0.4) is 0 Å². The fraction of sp³-hybridized carbons (Fsp3) is 0.286. The van der Waals surface area contributed by atoms with Crippen LogP contribution in [-0.4, -0.2) is 5.78 Å². The summed E-state index contributed by atoms with van der Waals surface area (Å²) in [6, 6.07) is 9.30. The number of rotatable bonds is 2. The average Bonchev–Trinajstić information content (AvgIpc) is 2.28. The molecule has 1 aliphatic rings. The molecule has 0 heterocycles. The van der Waals surface area contributed by atoms with Crippen molar-refractivity contribution in [2.24, 2.45) is 5.92 Å². The Bertz CT molecular complexity index is 494. The van der Waals surface area contributed by atoms with Gasteiger partial charge in [0.1, 0.15) is 0 Å². The summed E-state index contributed by atoms with van der Waals surface area (Å²) in [4.78, 5) is 11.4. The van der Waals surface area contributed by atoms with Crippen molar-refractivity contribution in [1.29, 1.82) is 5.26 Å². The first-order chi connectivity index (χ1) is 8.17. The predicted octanol–water partition coefficient (Wildman–Crippen LogP) is 2.85. The largest absolute Gasteiger partial charge is 0.359 e. The van der Waals surface area contributed by atoms with E-state index in [-0.39, 0.29) is 5.78 Å². The quantitative estimate of drug-likeness (QED) is 0.843. The Morgan fingerprint density at radius 2 is 2.00 bits per heavy atom. The minimum atomic E-state index is 0.180. The molecular formula is C14H14N2O. The lowest BCUT2D eigenvalue weighted by atomic mass is 9.93. The summed E-state index contributed by atoms with van der Waals surface area (Å²) in [5, 5.41) is 11.9. The molecule has 0 spiro atoms. The zero-order chi connectivity index (χ0) is 12.3. The second-order valence-electron chi connectivity index (χ2n) is 4.46. The maximum atomic E-state index is 11.4. The highest BCUT2D eigenvalue weighted by atomic mass is 16.1. The van der Waals surface area contributed by atoms with Crippen LogP contribution in [0.25, 0.3) is 0 Å². The van der Waals surface area contributed by atoms with Crippen molar-refractivity contribution in [3.63, 3.8) is 0 Å². The first-order valence-electron chi connectivity index (χ1n) is 5.68. The van der Waals surface area contributed by atoms with Gasteiger partial charge in [-0.15, -0.1) is 0 Å². The van der Waals surface area contributed by atoms with E-state index in [1.54, 1.807) is 18.2 Å². The van der Waals surface area contributed by atoms with Crippen molar-refractivity contribution in [2.75, 3.05) is 5.32 Å². The number of hydrogen-bond donors (Lipinski definition) is 1. The lowest BCUT2D eigenvalue weighted by molar-refractivity contribution is -0.115. The van der Waals surface area contributed by atoms with E-state index in [9.17, 15) is 4.79 Å². The van der Waals surface area contributed by atoms with Crippen LogP contribution in [0.15, 0.2) is 36.0 Å². The van der Waals surface area contributed by atoms with Crippen LogP contribution in [0.1, 0.15) is 25.3 Å². The molecular weight excluding hydrogens is 212 g/mol. The first kappa shape index (κ1) is 11.4. The normalized spacial score (nSPS) is 19.4. The topological polar surface area (TPSA) is 52.9 Å². The van der Waals surface area contributed by atoms with Crippen LogP contribution in [0.5, 0.6) is 0 Å². The molecule has 3 nitrogen and oxygen atoms in total. The van der Waals surface area contributed by atoms with Crippen molar-refractivity contribution in [3.8, 4) is 6.07 Å². The number of carbonyl (C=O) groups is 1. The Labute approximate surface area is 101 Å². The van der Waals surface area contributed by atoms with Gasteiger partial charge in [-0.25, -0.2) is 0 Å². The summed E-state index contributed by atoms with van der Waals surface area (Å²) < 4.78 is 0. The van der Waals surface area contributed by atoms with Crippen LogP contribution in [-0.2, 0) is 4.79 Å². The minimum absolute atomic E-state index is 0.180. The van der Waals surface area contributed by atoms with E-state index in [1.165, 1.54) is 0 Å². The number of allylic oxidation sites excluding steroid dienone is 2. The molecule has 0 amide bonds. The van der Waals surface area contributed by atoms with Crippen LogP contribution in [0.2, 0.25) is 0 Å².